The molecular weight excluding hydrogens is 403 g/mol. The van der Waals surface area contributed by atoms with Crippen molar-refractivity contribution in [3.63, 3.8) is 0 Å². The molecule has 1 aromatic heterocycles. The van der Waals surface area contributed by atoms with Crippen LogP contribution in [0.15, 0.2) is 46.2 Å². The maximum atomic E-state index is 13.8. The average molecular weight is 419 g/mol. The average Bonchev–Trinajstić information content (AvgIpc) is 3.10. The van der Waals surface area contributed by atoms with Crippen molar-refractivity contribution in [2.24, 2.45) is 4.99 Å². The molecule has 1 aliphatic heterocycles. The summed E-state index contributed by atoms with van der Waals surface area (Å²) in [4.78, 5) is 6.20. The molecule has 0 aliphatic carbocycles. The Hall–Kier alpha value is -1.64. The minimum absolute atomic E-state index is 0. The molecule has 3 rings (SSSR count). The van der Waals surface area contributed by atoms with Gasteiger partial charge in [0, 0.05) is 24.7 Å². The van der Waals surface area contributed by atoms with Gasteiger partial charge in [-0.25, -0.2) is 8.78 Å². The van der Waals surface area contributed by atoms with Crippen molar-refractivity contribution in [2.45, 2.75) is 12.6 Å². The maximum Gasteiger partial charge on any atom is 0.194 e. The minimum Gasteiger partial charge on any atom is -0.472 e. The molecule has 1 aliphatic rings. The summed E-state index contributed by atoms with van der Waals surface area (Å²) in [5.41, 5.74) is 1.04. The number of guanidine groups is 1. The minimum atomic E-state index is -0.554. The van der Waals surface area contributed by atoms with E-state index in [2.05, 4.69) is 10.3 Å². The predicted octanol–water partition coefficient (Wildman–Crippen LogP) is 3.31. The molecule has 2 heterocycles. The Morgan fingerprint density at radius 3 is 2.68 bits per heavy atom. The summed E-state index contributed by atoms with van der Waals surface area (Å²) in [5.74, 6) is -0.494. The van der Waals surface area contributed by atoms with Gasteiger partial charge in [0.1, 0.15) is 11.6 Å². The third kappa shape index (κ3) is 3.40. The van der Waals surface area contributed by atoms with Crippen LogP contribution in [0.25, 0.3) is 0 Å². The first-order valence-electron chi connectivity index (χ1n) is 6.62. The highest BCUT2D eigenvalue weighted by molar-refractivity contribution is 14.0. The Morgan fingerprint density at radius 2 is 2.05 bits per heavy atom. The van der Waals surface area contributed by atoms with E-state index in [1.165, 1.54) is 18.2 Å². The van der Waals surface area contributed by atoms with Crippen LogP contribution in [0, 0.1) is 11.6 Å². The van der Waals surface area contributed by atoms with E-state index in [9.17, 15) is 8.78 Å². The lowest BCUT2D eigenvalue weighted by Gasteiger charge is -2.20. The van der Waals surface area contributed by atoms with Crippen LogP contribution in [0.5, 0.6) is 0 Å². The summed E-state index contributed by atoms with van der Waals surface area (Å²) in [7, 11) is 1.86. The Morgan fingerprint density at radius 1 is 1.32 bits per heavy atom. The fourth-order valence-corrected chi connectivity index (χ4v) is 2.39. The van der Waals surface area contributed by atoms with Gasteiger partial charge in [0.05, 0.1) is 25.1 Å². The van der Waals surface area contributed by atoms with Crippen LogP contribution in [0.3, 0.4) is 0 Å². The molecule has 1 N–H and O–H groups in total. The van der Waals surface area contributed by atoms with Crippen molar-refractivity contribution >= 4 is 29.9 Å². The summed E-state index contributed by atoms with van der Waals surface area (Å²) < 4.78 is 32.6. The summed E-state index contributed by atoms with van der Waals surface area (Å²) in [6, 6.07) is 5.25. The van der Waals surface area contributed by atoms with E-state index in [0.717, 1.165) is 5.56 Å². The number of halogens is 3. The summed E-state index contributed by atoms with van der Waals surface area (Å²) in [6.45, 7) is 0.914. The molecule has 0 bridgehead atoms. The van der Waals surface area contributed by atoms with E-state index in [1.807, 2.05) is 18.0 Å². The second-order valence-electron chi connectivity index (χ2n) is 4.98. The zero-order valence-electron chi connectivity index (χ0n) is 11.9. The Kier molecular flexibility index (Phi) is 5.38. The van der Waals surface area contributed by atoms with Crippen LogP contribution < -0.4 is 5.32 Å². The van der Waals surface area contributed by atoms with E-state index >= 15 is 0 Å². The SMILES string of the molecule is CN(Cc1ccoc1)C1=NCC(c2c(F)cccc2F)N1.I. The van der Waals surface area contributed by atoms with Crippen molar-refractivity contribution in [2.75, 3.05) is 13.6 Å². The number of nitrogens with one attached hydrogen (secondary N) is 1. The molecule has 0 radical (unpaired) electrons. The van der Waals surface area contributed by atoms with Gasteiger partial charge in [0.2, 0.25) is 0 Å². The van der Waals surface area contributed by atoms with Gasteiger partial charge in [-0.15, -0.1) is 24.0 Å². The number of nitrogens with zero attached hydrogens (tertiary/aromatic N) is 2. The van der Waals surface area contributed by atoms with E-state index in [-0.39, 0.29) is 29.5 Å². The van der Waals surface area contributed by atoms with Crippen LogP contribution >= 0.6 is 24.0 Å². The van der Waals surface area contributed by atoms with Crippen LogP contribution in [-0.4, -0.2) is 24.5 Å². The molecule has 0 amide bonds. The fraction of sp³-hybridized carbons (Fsp3) is 0.267. The topological polar surface area (TPSA) is 40.8 Å². The van der Waals surface area contributed by atoms with E-state index in [1.54, 1.807) is 12.5 Å². The molecule has 2 aromatic rings. The first-order chi connectivity index (χ1) is 10.1. The standard InChI is InChI=1S/C15H15F2N3O.HI/c1-20(8-10-5-6-21-9-10)15-18-7-13(19-15)14-11(16)3-2-4-12(14)17;/h2-6,9,13H,7-8H2,1H3,(H,18,19);1H. The van der Waals surface area contributed by atoms with Crippen molar-refractivity contribution in [1.82, 2.24) is 10.2 Å². The van der Waals surface area contributed by atoms with Gasteiger partial charge in [-0.2, -0.15) is 0 Å². The van der Waals surface area contributed by atoms with Gasteiger partial charge in [0.25, 0.3) is 0 Å². The molecule has 118 valence electrons. The lowest BCUT2D eigenvalue weighted by Crippen LogP contribution is -2.37. The Labute approximate surface area is 144 Å². The molecule has 0 saturated heterocycles. The first kappa shape index (κ1) is 16.7. The molecule has 0 spiro atoms. The molecule has 4 nitrogen and oxygen atoms in total. The van der Waals surface area contributed by atoms with Gasteiger partial charge < -0.3 is 14.6 Å². The molecule has 1 aromatic carbocycles. The van der Waals surface area contributed by atoms with Gasteiger partial charge in [-0.05, 0) is 18.2 Å². The third-order valence-corrected chi connectivity index (χ3v) is 3.44. The van der Waals surface area contributed by atoms with E-state index < -0.39 is 17.7 Å². The number of hydrogen-bond donors (Lipinski definition) is 1. The summed E-state index contributed by atoms with van der Waals surface area (Å²) in [6.07, 6.45) is 3.25. The van der Waals surface area contributed by atoms with Crippen LogP contribution in [0.1, 0.15) is 17.2 Å². The van der Waals surface area contributed by atoms with Crippen molar-refractivity contribution in [3.8, 4) is 0 Å². The quantitative estimate of drug-likeness (QED) is 0.777. The number of benzene rings is 1. The van der Waals surface area contributed by atoms with Gasteiger partial charge in [-0.3, -0.25) is 4.99 Å². The molecule has 0 fully saturated rings. The first-order valence-corrected chi connectivity index (χ1v) is 6.62. The second-order valence-corrected chi connectivity index (χ2v) is 4.98. The van der Waals surface area contributed by atoms with Crippen LogP contribution in [0.4, 0.5) is 8.78 Å². The smallest absolute Gasteiger partial charge is 0.194 e. The van der Waals surface area contributed by atoms with Crippen molar-refractivity contribution < 1.29 is 13.2 Å². The number of furan rings is 1. The molecular formula is C15H16F2IN3O. The van der Waals surface area contributed by atoms with Gasteiger partial charge in [-0.1, -0.05) is 6.07 Å². The lowest BCUT2D eigenvalue weighted by atomic mass is 10.1. The van der Waals surface area contributed by atoms with Gasteiger partial charge in [0.15, 0.2) is 5.96 Å². The van der Waals surface area contributed by atoms with Crippen LogP contribution in [0.2, 0.25) is 0 Å². The molecule has 1 atom stereocenters. The fourth-order valence-electron chi connectivity index (χ4n) is 2.39. The van der Waals surface area contributed by atoms with Crippen molar-refractivity contribution in [3.05, 3.63) is 59.6 Å². The second kappa shape index (κ2) is 7.08. The summed E-state index contributed by atoms with van der Waals surface area (Å²) in [5, 5.41) is 3.07. The van der Waals surface area contributed by atoms with E-state index in [0.29, 0.717) is 19.0 Å². The van der Waals surface area contributed by atoms with Crippen molar-refractivity contribution in [1.29, 1.82) is 0 Å². The van der Waals surface area contributed by atoms with E-state index in [4.69, 9.17) is 4.42 Å². The molecule has 1 unspecified atom stereocenters. The highest BCUT2D eigenvalue weighted by Crippen LogP contribution is 2.24. The molecule has 7 heteroatoms. The van der Waals surface area contributed by atoms with Crippen LogP contribution in [-0.2, 0) is 6.54 Å². The predicted molar refractivity (Wildman–Crippen MR) is 90.1 cm³/mol. The Balaban J connectivity index is 0.00000176. The number of rotatable bonds is 3. The third-order valence-electron chi connectivity index (χ3n) is 3.44. The highest BCUT2D eigenvalue weighted by atomic mass is 127. The molecule has 0 saturated carbocycles. The maximum absolute atomic E-state index is 13.8. The molecule has 22 heavy (non-hydrogen) atoms. The largest absolute Gasteiger partial charge is 0.472 e. The lowest BCUT2D eigenvalue weighted by molar-refractivity contribution is 0.467. The zero-order valence-corrected chi connectivity index (χ0v) is 14.3. The monoisotopic (exact) mass is 419 g/mol. The number of hydrogen-bond acceptors (Lipinski definition) is 4. The Bertz CT molecular complexity index is 641. The zero-order chi connectivity index (χ0) is 14.8. The number of aliphatic imine (C=N–C) groups is 1. The highest BCUT2D eigenvalue weighted by Gasteiger charge is 2.26. The van der Waals surface area contributed by atoms with Gasteiger partial charge >= 0.3 is 0 Å². The normalized spacial score (nSPS) is 16.7. The summed E-state index contributed by atoms with van der Waals surface area (Å²) >= 11 is 0.